The molecule has 0 aromatic carbocycles. The van der Waals surface area contributed by atoms with Gasteiger partial charge in [0.15, 0.2) is 6.10 Å². The zero-order valence-corrected chi connectivity index (χ0v) is 46.3. The summed E-state index contributed by atoms with van der Waals surface area (Å²) >= 11 is 0. The monoisotopic (exact) mass is 1000 g/mol. The van der Waals surface area contributed by atoms with Crippen molar-refractivity contribution in [2.24, 2.45) is 0 Å². The van der Waals surface area contributed by atoms with Gasteiger partial charge < -0.3 is 14.2 Å². The third-order valence-electron chi connectivity index (χ3n) is 11.2. The van der Waals surface area contributed by atoms with Crippen LogP contribution in [-0.4, -0.2) is 37.2 Å². The maximum atomic E-state index is 12.9. The van der Waals surface area contributed by atoms with Crippen LogP contribution in [0.15, 0.2) is 170 Å². The minimum atomic E-state index is -0.835. The first-order chi connectivity index (χ1) is 36.0. The summed E-state index contributed by atoms with van der Waals surface area (Å²) in [5.41, 5.74) is 0. The highest BCUT2D eigenvalue weighted by molar-refractivity contribution is 5.71. The SMILES string of the molecule is CC/C=C\C/C=C\C/C=C\C/C=C\C/C=C\C/C=C\CCCCC(=O)OCC(COC(=O)CCCCCCC/C=C\C/C=C\CCC)OC(=O)CCCC/C=C\C/C=C\C/C=C\C/C=C\C/C=C\C/C=C\CC. The van der Waals surface area contributed by atoms with Crippen molar-refractivity contribution < 1.29 is 28.6 Å². The summed E-state index contributed by atoms with van der Waals surface area (Å²) in [4.78, 5) is 38.1. The number of allylic oxidation sites excluding steroid dienone is 28. The average Bonchev–Trinajstić information content (AvgIpc) is 3.39. The van der Waals surface area contributed by atoms with Crippen molar-refractivity contribution >= 4 is 17.9 Å². The highest BCUT2D eigenvalue weighted by Gasteiger charge is 2.19. The molecule has 0 rings (SSSR count). The smallest absolute Gasteiger partial charge is 0.306 e. The fourth-order valence-electron chi connectivity index (χ4n) is 6.95. The van der Waals surface area contributed by atoms with Gasteiger partial charge in [-0.3, -0.25) is 14.4 Å². The van der Waals surface area contributed by atoms with Gasteiger partial charge >= 0.3 is 17.9 Å². The van der Waals surface area contributed by atoms with Gasteiger partial charge in [-0.15, -0.1) is 0 Å². The molecule has 0 radical (unpaired) electrons. The third kappa shape index (κ3) is 57.5. The van der Waals surface area contributed by atoms with Gasteiger partial charge in [-0.05, 0) is 148 Å². The van der Waals surface area contributed by atoms with Gasteiger partial charge in [-0.2, -0.15) is 0 Å². The fraction of sp³-hybridized carbons (Fsp3) is 0.537. The molecule has 1 atom stereocenters. The molecule has 0 heterocycles. The number of carbonyl (C=O) groups is 3. The number of rotatable bonds is 49. The minimum Gasteiger partial charge on any atom is -0.462 e. The number of ether oxygens (including phenoxy) is 3. The van der Waals surface area contributed by atoms with Gasteiger partial charge in [0.25, 0.3) is 0 Å². The Morgan fingerprint density at radius 1 is 0.288 bits per heavy atom. The van der Waals surface area contributed by atoms with E-state index in [4.69, 9.17) is 14.2 Å². The zero-order valence-electron chi connectivity index (χ0n) is 46.3. The van der Waals surface area contributed by atoms with Crippen molar-refractivity contribution in [1.29, 1.82) is 0 Å². The molecule has 0 spiro atoms. The van der Waals surface area contributed by atoms with E-state index >= 15 is 0 Å². The van der Waals surface area contributed by atoms with E-state index in [0.717, 1.165) is 154 Å². The van der Waals surface area contributed by atoms with Gasteiger partial charge in [0.2, 0.25) is 0 Å². The topological polar surface area (TPSA) is 78.9 Å². The maximum Gasteiger partial charge on any atom is 0.306 e. The van der Waals surface area contributed by atoms with Gasteiger partial charge in [0.05, 0.1) is 0 Å². The summed E-state index contributed by atoms with van der Waals surface area (Å²) in [5.74, 6) is -1.04. The zero-order chi connectivity index (χ0) is 52.9. The van der Waals surface area contributed by atoms with Crippen LogP contribution >= 0.6 is 0 Å². The highest BCUT2D eigenvalue weighted by atomic mass is 16.6. The highest BCUT2D eigenvalue weighted by Crippen LogP contribution is 2.11. The molecule has 6 nitrogen and oxygen atoms in total. The second-order valence-electron chi connectivity index (χ2n) is 18.1. The van der Waals surface area contributed by atoms with E-state index in [1.165, 1.54) is 6.42 Å². The maximum absolute atomic E-state index is 12.9. The predicted octanol–water partition coefficient (Wildman–Crippen LogP) is 19.5. The molecule has 1 unspecified atom stereocenters. The molecule has 73 heavy (non-hydrogen) atoms. The van der Waals surface area contributed by atoms with Gasteiger partial charge in [-0.25, -0.2) is 0 Å². The van der Waals surface area contributed by atoms with Crippen LogP contribution in [0.4, 0.5) is 0 Å². The van der Waals surface area contributed by atoms with Gasteiger partial charge in [-0.1, -0.05) is 217 Å². The Bertz CT molecular complexity index is 1720. The normalized spacial score (nSPS) is 13.4. The van der Waals surface area contributed by atoms with Crippen molar-refractivity contribution in [3.8, 4) is 0 Å². The molecular weight excluding hydrogens is 901 g/mol. The first-order valence-electron chi connectivity index (χ1n) is 28.6. The predicted molar refractivity (Wildman–Crippen MR) is 315 cm³/mol. The second-order valence-corrected chi connectivity index (χ2v) is 18.1. The fourth-order valence-corrected chi connectivity index (χ4v) is 6.95. The van der Waals surface area contributed by atoms with Crippen molar-refractivity contribution in [1.82, 2.24) is 0 Å². The largest absolute Gasteiger partial charge is 0.462 e. The van der Waals surface area contributed by atoms with Crippen LogP contribution in [0.3, 0.4) is 0 Å². The summed E-state index contributed by atoms with van der Waals surface area (Å²) in [6.07, 6.45) is 87.7. The minimum absolute atomic E-state index is 0.126. The van der Waals surface area contributed by atoms with Crippen molar-refractivity contribution in [3.63, 3.8) is 0 Å². The molecular formula is C67H102O6. The molecule has 0 amide bonds. The molecule has 406 valence electrons. The second kappa shape index (κ2) is 59.3. The van der Waals surface area contributed by atoms with Gasteiger partial charge in [0, 0.05) is 19.3 Å². The summed E-state index contributed by atoms with van der Waals surface area (Å²) in [6, 6.07) is 0. The molecule has 0 saturated carbocycles. The summed E-state index contributed by atoms with van der Waals surface area (Å²) in [5, 5.41) is 0. The Morgan fingerprint density at radius 3 is 0.863 bits per heavy atom. The lowest BCUT2D eigenvalue weighted by Crippen LogP contribution is -2.30. The first-order valence-corrected chi connectivity index (χ1v) is 28.6. The van der Waals surface area contributed by atoms with E-state index < -0.39 is 6.10 Å². The Hall–Kier alpha value is -5.23. The Kier molecular flexibility index (Phi) is 55.1. The Balaban J connectivity index is 4.59. The van der Waals surface area contributed by atoms with Crippen LogP contribution in [0.2, 0.25) is 0 Å². The Morgan fingerprint density at radius 2 is 0.534 bits per heavy atom. The van der Waals surface area contributed by atoms with Crippen molar-refractivity contribution in [2.75, 3.05) is 13.2 Å². The van der Waals surface area contributed by atoms with Crippen LogP contribution in [0.5, 0.6) is 0 Å². The molecule has 0 aliphatic rings. The van der Waals surface area contributed by atoms with E-state index in [9.17, 15) is 14.4 Å². The van der Waals surface area contributed by atoms with Gasteiger partial charge in [0.1, 0.15) is 13.2 Å². The first kappa shape index (κ1) is 67.8. The number of carbonyl (C=O) groups excluding carboxylic acids is 3. The molecule has 0 aromatic rings. The lowest BCUT2D eigenvalue weighted by molar-refractivity contribution is -0.167. The lowest BCUT2D eigenvalue weighted by Gasteiger charge is -2.18. The van der Waals surface area contributed by atoms with Crippen molar-refractivity contribution in [2.45, 2.75) is 219 Å². The molecule has 0 bridgehead atoms. The van der Waals surface area contributed by atoms with Crippen LogP contribution in [0, 0.1) is 0 Å². The average molecular weight is 1000 g/mol. The van der Waals surface area contributed by atoms with Crippen LogP contribution < -0.4 is 0 Å². The molecule has 6 heteroatoms. The van der Waals surface area contributed by atoms with Crippen LogP contribution in [-0.2, 0) is 28.6 Å². The molecule has 0 aliphatic heterocycles. The van der Waals surface area contributed by atoms with E-state index in [1.807, 2.05) is 0 Å². The van der Waals surface area contributed by atoms with E-state index in [0.29, 0.717) is 19.3 Å². The number of hydrogen-bond donors (Lipinski definition) is 0. The Labute approximate surface area is 447 Å². The third-order valence-corrected chi connectivity index (χ3v) is 11.2. The van der Waals surface area contributed by atoms with Crippen molar-refractivity contribution in [3.05, 3.63) is 170 Å². The molecule has 0 saturated heterocycles. The quantitative estimate of drug-likeness (QED) is 0.0261. The van der Waals surface area contributed by atoms with Crippen LogP contribution in [0.1, 0.15) is 213 Å². The number of hydrogen-bond acceptors (Lipinski definition) is 6. The standard InChI is InChI=1S/C67H102O6/c1-4-7-10-13-16-19-22-25-27-29-31-33-35-37-39-42-45-48-51-54-57-60-66(69)72-63-64(62-71-65(68)59-56-53-50-47-44-41-24-21-18-15-12-9-6-3)73-67(70)61-58-55-52-49-46-43-40-38-36-34-32-30-28-26-23-20-17-14-11-8-5-2/h7-8,10-12,15-17,19-21,24-28,31-34,37-40,45-46,48-49,64H,4-6,9,13-14,18,22-23,29-30,35-36,41-44,47,50-63H2,1-3H3/b10-7-,11-8-,15-12-,19-16-,20-17-,24-21-,27-25-,28-26-,33-31-,34-32-,39-37-,40-38-,48-45-,49-46-. The van der Waals surface area contributed by atoms with E-state index in [-0.39, 0.29) is 44.0 Å². The van der Waals surface area contributed by atoms with E-state index in [2.05, 4.69) is 191 Å². The number of esters is 3. The van der Waals surface area contributed by atoms with Crippen LogP contribution in [0.25, 0.3) is 0 Å². The summed E-state index contributed by atoms with van der Waals surface area (Å²) < 4.78 is 16.8. The number of unbranched alkanes of at least 4 members (excludes halogenated alkanes) is 10. The molecule has 0 fully saturated rings. The molecule has 0 aromatic heterocycles. The lowest BCUT2D eigenvalue weighted by atomic mass is 10.1. The molecule has 0 N–H and O–H groups in total. The summed E-state index contributed by atoms with van der Waals surface area (Å²) in [6.45, 7) is 6.24. The van der Waals surface area contributed by atoms with E-state index in [1.54, 1.807) is 0 Å². The molecule has 0 aliphatic carbocycles. The summed E-state index contributed by atoms with van der Waals surface area (Å²) in [7, 11) is 0.